The van der Waals surface area contributed by atoms with Crippen LogP contribution in [0, 0.1) is 0 Å². The molecular weight excluding hydrogens is 250 g/mol. The van der Waals surface area contributed by atoms with E-state index in [0.29, 0.717) is 23.2 Å². The average Bonchev–Trinajstić information content (AvgIpc) is 3.06. The third kappa shape index (κ3) is 3.14. The molecule has 0 unspecified atom stereocenters. The van der Waals surface area contributed by atoms with E-state index in [4.69, 9.17) is 10.5 Å². The minimum absolute atomic E-state index is 0.0496. The van der Waals surface area contributed by atoms with Gasteiger partial charge in [-0.25, -0.2) is 0 Å². The SMILES string of the molecule is COCCN(C)c1cc(N)c(C(=O)NC2CC2)s1. The third-order valence-electron chi connectivity index (χ3n) is 2.87. The van der Waals surface area contributed by atoms with Crippen molar-refractivity contribution in [1.29, 1.82) is 0 Å². The van der Waals surface area contributed by atoms with Gasteiger partial charge in [0.2, 0.25) is 0 Å². The van der Waals surface area contributed by atoms with E-state index < -0.39 is 0 Å². The molecular formula is C12H19N3O2S. The summed E-state index contributed by atoms with van der Waals surface area (Å²) in [6.45, 7) is 1.43. The van der Waals surface area contributed by atoms with Crippen LogP contribution in [0.2, 0.25) is 0 Å². The number of nitrogen functional groups attached to an aromatic ring is 1. The maximum absolute atomic E-state index is 11.9. The van der Waals surface area contributed by atoms with Crippen molar-refractivity contribution in [2.45, 2.75) is 18.9 Å². The van der Waals surface area contributed by atoms with Crippen molar-refractivity contribution < 1.29 is 9.53 Å². The Morgan fingerprint density at radius 2 is 2.39 bits per heavy atom. The summed E-state index contributed by atoms with van der Waals surface area (Å²) in [5.74, 6) is -0.0496. The zero-order chi connectivity index (χ0) is 13.1. The summed E-state index contributed by atoms with van der Waals surface area (Å²) in [7, 11) is 3.64. The molecule has 18 heavy (non-hydrogen) atoms. The molecule has 100 valence electrons. The zero-order valence-electron chi connectivity index (χ0n) is 10.7. The van der Waals surface area contributed by atoms with Gasteiger partial charge in [-0.05, 0) is 18.9 Å². The molecule has 6 heteroatoms. The first-order valence-corrected chi connectivity index (χ1v) is 6.83. The molecule has 0 radical (unpaired) electrons. The molecule has 0 saturated heterocycles. The Hall–Kier alpha value is -1.27. The Morgan fingerprint density at radius 1 is 1.67 bits per heavy atom. The highest BCUT2D eigenvalue weighted by Gasteiger charge is 2.25. The number of hydrogen-bond donors (Lipinski definition) is 2. The van der Waals surface area contributed by atoms with Crippen molar-refractivity contribution in [3.63, 3.8) is 0 Å². The summed E-state index contributed by atoms with van der Waals surface area (Å²) in [5.41, 5.74) is 6.45. The second kappa shape index (κ2) is 5.58. The van der Waals surface area contributed by atoms with Gasteiger partial charge in [-0.2, -0.15) is 0 Å². The normalized spacial score (nSPS) is 14.6. The Labute approximate surface area is 111 Å². The monoisotopic (exact) mass is 269 g/mol. The van der Waals surface area contributed by atoms with Gasteiger partial charge in [0.15, 0.2) is 0 Å². The molecule has 2 rings (SSSR count). The summed E-state index contributed by atoms with van der Waals surface area (Å²) in [6, 6.07) is 2.20. The molecule has 1 aliphatic carbocycles. The Balaban J connectivity index is 2.02. The first-order chi connectivity index (χ1) is 8.61. The van der Waals surface area contributed by atoms with Crippen LogP contribution in [0.1, 0.15) is 22.5 Å². The van der Waals surface area contributed by atoms with Gasteiger partial charge in [0.05, 0.1) is 17.3 Å². The number of nitrogens with zero attached hydrogens (tertiary/aromatic N) is 1. The summed E-state index contributed by atoms with van der Waals surface area (Å²) >= 11 is 1.43. The van der Waals surface area contributed by atoms with E-state index in [2.05, 4.69) is 5.32 Å². The van der Waals surface area contributed by atoms with Crippen molar-refractivity contribution in [2.24, 2.45) is 0 Å². The fraction of sp³-hybridized carbons (Fsp3) is 0.583. The molecule has 5 nitrogen and oxygen atoms in total. The van der Waals surface area contributed by atoms with Crippen LogP contribution in [0.4, 0.5) is 10.7 Å². The molecule has 0 spiro atoms. The van der Waals surface area contributed by atoms with Gasteiger partial charge in [-0.3, -0.25) is 4.79 Å². The smallest absolute Gasteiger partial charge is 0.263 e. The van der Waals surface area contributed by atoms with E-state index in [1.54, 1.807) is 7.11 Å². The van der Waals surface area contributed by atoms with E-state index in [9.17, 15) is 4.79 Å². The van der Waals surface area contributed by atoms with Crippen LogP contribution in [-0.4, -0.2) is 39.3 Å². The van der Waals surface area contributed by atoms with Crippen LogP contribution < -0.4 is 16.0 Å². The van der Waals surface area contributed by atoms with Gasteiger partial charge >= 0.3 is 0 Å². The highest BCUT2D eigenvalue weighted by atomic mass is 32.1. The minimum atomic E-state index is -0.0496. The molecule has 3 N–H and O–H groups in total. The lowest BCUT2D eigenvalue weighted by Crippen LogP contribution is -2.25. The zero-order valence-corrected chi connectivity index (χ0v) is 11.5. The Morgan fingerprint density at radius 3 is 3.00 bits per heavy atom. The minimum Gasteiger partial charge on any atom is -0.397 e. The van der Waals surface area contributed by atoms with Gasteiger partial charge < -0.3 is 20.7 Å². The molecule has 1 saturated carbocycles. The number of thiophene rings is 1. The molecule has 0 aliphatic heterocycles. The van der Waals surface area contributed by atoms with Crippen LogP contribution in [0.25, 0.3) is 0 Å². The number of hydrogen-bond acceptors (Lipinski definition) is 5. The quantitative estimate of drug-likeness (QED) is 0.817. The number of anilines is 2. The van der Waals surface area contributed by atoms with Crippen LogP contribution in [0.3, 0.4) is 0 Å². The van der Waals surface area contributed by atoms with E-state index in [1.165, 1.54) is 11.3 Å². The van der Waals surface area contributed by atoms with Crippen molar-refractivity contribution in [3.8, 4) is 0 Å². The molecule has 1 aromatic heterocycles. The number of carbonyl (C=O) groups excluding carboxylic acids is 1. The molecule has 1 fully saturated rings. The first-order valence-electron chi connectivity index (χ1n) is 6.02. The fourth-order valence-electron chi connectivity index (χ4n) is 1.57. The lowest BCUT2D eigenvalue weighted by atomic mass is 10.3. The van der Waals surface area contributed by atoms with Crippen LogP contribution in [-0.2, 0) is 4.74 Å². The average molecular weight is 269 g/mol. The Bertz CT molecular complexity index is 429. The van der Waals surface area contributed by atoms with E-state index in [-0.39, 0.29) is 5.91 Å². The van der Waals surface area contributed by atoms with Crippen molar-refractivity contribution in [1.82, 2.24) is 5.32 Å². The highest BCUT2D eigenvalue weighted by molar-refractivity contribution is 7.18. The summed E-state index contributed by atoms with van der Waals surface area (Å²) in [4.78, 5) is 14.6. The molecule has 0 aromatic carbocycles. The largest absolute Gasteiger partial charge is 0.397 e. The number of likely N-dealkylation sites (N-methyl/N-ethyl adjacent to an activating group) is 1. The van der Waals surface area contributed by atoms with Crippen molar-refractivity contribution in [3.05, 3.63) is 10.9 Å². The standard InChI is InChI=1S/C12H19N3O2S/c1-15(5-6-17-2)10-7-9(13)11(18-10)12(16)14-8-3-4-8/h7-8H,3-6,13H2,1-2H3,(H,14,16). The number of ether oxygens (including phenoxy) is 1. The van der Waals surface area contributed by atoms with Gasteiger partial charge in [-0.1, -0.05) is 0 Å². The number of carbonyl (C=O) groups is 1. The van der Waals surface area contributed by atoms with E-state index >= 15 is 0 Å². The van der Waals surface area contributed by atoms with Gasteiger partial charge in [0, 0.05) is 26.7 Å². The number of nitrogens with two attached hydrogens (primary N) is 1. The lowest BCUT2D eigenvalue weighted by molar-refractivity contribution is 0.0956. The summed E-state index contributed by atoms with van der Waals surface area (Å²) in [6.07, 6.45) is 2.16. The second-order valence-electron chi connectivity index (χ2n) is 4.53. The Kier molecular flexibility index (Phi) is 4.08. The van der Waals surface area contributed by atoms with Gasteiger partial charge in [-0.15, -0.1) is 11.3 Å². The molecule has 1 heterocycles. The molecule has 1 aliphatic rings. The van der Waals surface area contributed by atoms with Crippen LogP contribution in [0.5, 0.6) is 0 Å². The first kappa shape index (κ1) is 13.2. The van der Waals surface area contributed by atoms with Gasteiger partial charge in [0.25, 0.3) is 5.91 Å². The maximum atomic E-state index is 11.9. The fourth-order valence-corrected chi connectivity index (χ4v) is 2.54. The van der Waals surface area contributed by atoms with Crippen molar-refractivity contribution in [2.75, 3.05) is 37.9 Å². The van der Waals surface area contributed by atoms with Gasteiger partial charge in [0.1, 0.15) is 4.88 Å². The third-order valence-corrected chi connectivity index (χ3v) is 4.14. The second-order valence-corrected chi connectivity index (χ2v) is 5.56. The summed E-state index contributed by atoms with van der Waals surface area (Å²) < 4.78 is 5.03. The summed E-state index contributed by atoms with van der Waals surface area (Å²) in [5, 5.41) is 3.95. The predicted octanol–water partition coefficient (Wildman–Crippen LogP) is 1.31. The van der Waals surface area contributed by atoms with Crippen LogP contribution >= 0.6 is 11.3 Å². The number of methoxy groups -OCH3 is 1. The topological polar surface area (TPSA) is 67.6 Å². The highest BCUT2D eigenvalue weighted by Crippen LogP contribution is 2.32. The molecule has 0 atom stereocenters. The molecule has 0 bridgehead atoms. The lowest BCUT2D eigenvalue weighted by Gasteiger charge is -2.15. The van der Waals surface area contributed by atoms with E-state index in [1.807, 2.05) is 18.0 Å². The molecule has 1 amide bonds. The molecule has 1 aromatic rings. The van der Waals surface area contributed by atoms with E-state index in [0.717, 1.165) is 24.4 Å². The number of nitrogens with one attached hydrogen (secondary N) is 1. The number of amides is 1. The maximum Gasteiger partial charge on any atom is 0.263 e. The predicted molar refractivity (Wildman–Crippen MR) is 74.4 cm³/mol. The van der Waals surface area contributed by atoms with Crippen molar-refractivity contribution >= 4 is 27.9 Å². The number of rotatable bonds is 6. The van der Waals surface area contributed by atoms with Crippen LogP contribution in [0.15, 0.2) is 6.07 Å².